The molecule has 1 aliphatic heterocycles. The van der Waals surface area contributed by atoms with E-state index in [2.05, 4.69) is 10.3 Å². The molecule has 0 bridgehead atoms. The van der Waals surface area contributed by atoms with Crippen LogP contribution in [0.15, 0.2) is 59.3 Å². The van der Waals surface area contributed by atoms with Gasteiger partial charge < -0.3 is 14.6 Å². The van der Waals surface area contributed by atoms with Gasteiger partial charge in [-0.25, -0.2) is 0 Å². The van der Waals surface area contributed by atoms with E-state index in [9.17, 15) is 9.59 Å². The van der Waals surface area contributed by atoms with Gasteiger partial charge in [0.15, 0.2) is 5.76 Å². The number of furan rings is 1. The second kappa shape index (κ2) is 7.00. The smallest absolute Gasteiger partial charge is 0.289 e. The predicted molar refractivity (Wildman–Crippen MR) is 97.7 cm³/mol. The molecule has 26 heavy (non-hydrogen) atoms. The van der Waals surface area contributed by atoms with Gasteiger partial charge in [0, 0.05) is 24.7 Å². The summed E-state index contributed by atoms with van der Waals surface area (Å²) in [6, 6.07) is 12.9. The zero-order valence-electron chi connectivity index (χ0n) is 14.2. The molecule has 0 radical (unpaired) electrons. The Bertz CT molecular complexity index is 931. The van der Waals surface area contributed by atoms with Crippen molar-refractivity contribution in [2.75, 3.05) is 18.4 Å². The van der Waals surface area contributed by atoms with Crippen molar-refractivity contribution in [2.24, 2.45) is 5.92 Å². The molecule has 3 heterocycles. The van der Waals surface area contributed by atoms with E-state index in [1.165, 1.54) is 6.26 Å². The zero-order chi connectivity index (χ0) is 17.9. The maximum absolute atomic E-state index is 12.8. The van der Waals surface area contributed by atoms with Gasteiger partial charge in [-0.1, -0.05) is 18.2 Å². The number of likely N-dealkylation sites (tertiary alicyclic amines) is 1. The monoisotopic (exact) mass is 349 g/mol. The van der Waals surface area contributed by atoms with Gasteiger partial charge in [0.05, 0.1) is 23.4 Å². The summed E-state index contributed by atoms with van der Waals surface area (Å²) < 4.78 is 5.19. The topological polar surface area (TPSA) is 75.4 Å². The molecule has 1 unspecified atom stereocenters. The summed E-state index contributed by atoms with van der Waals surface area (Å²) in [7, 11) is 0. The largest absolute Gasteiger partial charge is 0.459 e. The third kappa shape index (κ3) is 3.18. The standard InChI is InChI=1S/C20H19N3O3/c24-19(22-16-8-1-5-14-6-2-10-21-18(14)16)15-7-3-11-23(13-15)20(25)17-9-4-12-26-17/h1-2,4-6,8-10,12,15H,3,7,11,13H2,(H,22,24). The van der Waals surface area contributed by atoms with Crippen LogP contribution in [0.4, 0.5) is 5.69 Å². The van der Waals surface area contributed by atoms with E-state index in [1.54, 1.807) is 23.2 Å². The molecule has 0 saturated carbocycles. The summed E-state index contributed by atoms with van der Waals surface area (Å²) >= 11 is 0. The molecule has 1 N–H and O–H groups in total. The molecule has 2 aromatic heterocycles. The highest BCUT2D eigenvalue weighted by atomic mass is 16.3. The SMILES string of the molecule is O=C(Nc1cccc2cccnc12)C1CCCN(C(=O)c2ccco2)C1. The average molecular weight is 349 g/mol. The first kappa shape index (κ1) is 16.3. The average Bonchev–Trinajstić information content (AvgIpc) is 3.22. The number of aromatic nitrogens is 1. The molecule has 132 valence electrons. The van der Waals surface area contributed by atoms with Crippen molar-refractivity contribution in [2.45, 2.75) is 12.8 Å². The van der Waals surface area contributed by atoms with Crippen LogP contribution in [0.5, 0.6) is 0 Å². The van der Waals surface area contributed by atoms with Crippen LogP contribution in [0.2, 0.25) is 0 Å². The van der Waals surface area contributed by atoms with E-state index in [0.29, 0.717) is 24.5 Å². The van der Waals surface area contributed by atoms with Crippen molar-refractivity contribution in [3.05, 3.63) is 60.7 Å². The molecule has 1 saturated heterocycles. The van der Waals surface area contributed by atoms with E-state index < -0.39 is 0 Å². The number of para-hydroxylation sites is 1. The van der Waals surface area contributed by atoms with Gasteiger partial charge in [-0.2, -0.15) is 0 Å². The fourth-order valence-electron chi connectivity index (χ4n) is 3.37. The second-order valence-electron chi connectivity index (χ2n) is 6.44. The van der Waals surface area contributed by atoms with Crippen molar-refractivity contribution < 1.29 is 14.0 Å². The van der Waals surface area contributed by atoms with Crippen LogP contribution in [-0.2, 0) is 4.79 Å². The van der Waals surface area contributed by atoms with Crippen molar-refractivity contribution in [3.63, 3.8) is 0 Å². The van der Waals surface area contributed by atoms with Crippen LogP contribution < -0.4 is 5.32 Å². The van der Waals surface area contributed by atoms with E-state index in [1.807, 2.05) is 30.3 Å². The van der Waals surface area contributed by atoms with Crippen molar-refractivity contribution >= 4 is 28.4 Å². The maximum Gasteiger partial charge on any atom is 0.289 e. The molecule has 6 nitrogen and oxygen atoms in total. The quantitative estimate of drug-likeness (QED) is 0.787. The van der Waals surface area contributed by atoms with Crippen LogP contribution in [0.1, 0.15) is 23.4 Å². The van der Waals surface area contributed by atoms with Gasteiger partial charge in [-0.3, -0.25) is 14.6 Å². The number of nitrogens with zero attached hydrogens (tertiary/aromatic N) is 2. The molecule has 1 aromatic carbocycles. The zero-order valence-corrected chi connectivity index (χ0v) is 14.2. The summed E-state index contributed by atoms with van der Waals surface area (Å²) in [5, 5.41) is 3.96. The Labute approximate surface area is 150 Å². The Hall–Kier alpha value is -3.15. The van der Waals surface area contributed by atoms with Crippen molar-refractivity contribution in [1.82, 2.24) is 9.88 Å². The lowest BCUT2D eigenvalue weighted by Crippen LogP contribution is -2.43. The Morgan fingerprint density at radius 2 is 2.04 bits per heavy atom. The Morgan fingerprint density at radius 3 is 2.88 bits per heavy atom. The van der Waals surface area contributed by atoms with Crippen molar-refractivity contribution in [3.8, 4) is 0 Å². The molecule has 1 aliphatic rings. The number of hydrogen-bond donors (Lipinski definition) is 1. The summed E-state index contributed by atoms with van der Waals surface area (Å²) in [6.45, 7) is 1.03. The minimum Gasteiger partial charge on any atom is -0.459 e. The number of hydrogen-bond acceptors (Lipinski definition) is 4. The first-order valence-corrected chi connectivity index (χ1v) is 8.70. The molecule has 6 heteroatoms. The number of piperidine rings is 1. The fourth-order valence-corrected chi connectivity index (χ4v) is 3.37. The van der Waals surface area contributed by atoms with Crippen LogP contribution in [0.3, 0.4) is 0 Å². The lowest BCUT2D eigenvalue weighted by Gasteiger charge is -2.31. The van der Waals surface area contributed by atoms with Crippen LogP contribution in [-0.4, -0.2) is 34.8 Å². The van der Waals surface area contributed by atoms with Crippen LogP contribution in [0.25, 0.3) is 10.9 Å². The first-order valence-electron chi connectivity index (χ1n) is 8.70. The number of amides is 2. The fraction of sp³-hybridized carbons (Fsp3) is 0.250. The first-order chi connectivity index (χ1) is 12.7. The van der Waals surface area contributed by atoms with Gasteiger partial charge in [0.2, 0.25) is 5.91 Å². The lowest BCUT2D eigenvalue weighted by atomic mass is 9.96. The molecule has 0 aliphatic carbocycles. The Kier molecular flexibility index (Phi) is 4.39. The second-order valence-corrected chi connectivity index (χ2v) is 6.44. The highest BCUT2D eigenvalue weighted by Crippen LogP contribution is 2.24. The third-order valence-corrected chi connectivity index (χ3v) is 4.70. The number of nitrogens with one attached hydrogen (secondary N) is 1. The number of anilines is 1. The number of pyridine rings is 1. The van der Waals surface area contributed by atoms with Gasteiger partial charge in [-0.15, -0.1) is 0 Å². The minimum absolute atomic E-state index is 0.0832. The molecular weight excluding hydrogens is 330 g/mol. The van der Waals surface area contributed by atoms with Gasteiger partial charge in [0.25, 0.3) is 5.91 Å². The molecule has 3 aromatic rings. The van der Waals surface area contributed by atoms with Gasteiger partial charge in [0.1, 0.15) is 0 Å². The molecular formula is C20H19N3O3. The lowest BCUT2D eigenvalue weighted by molar-refractivity contribution is -0.121. The maximum atomic E-state index is 12.8. The highest BCUT2D eigenvalue weighted by molar-refractivity contribution is 6.01. The van der Waals surface area contributed by atoms with Gasteiger partial charge in [-0.05, 0) is 37.1 Å². The Morgan fingerprint density at radius 1 is 1.15 bits per heavy atom. The van der Waals surface area contributed by atoms with Gasteiger partial charge >= 0.3 is 0 Å². The van der Waals surface area contributed by atoms with Crippen LogP contribution >= 0.6 is 0 Å². The molecule has 1 fully saturated rings. The van der Waals surface area contributed by atoms with Crippen molar-refractivity contribution in [1.29, 1.82) is 0 Å². The highest BCUT2D eigenvalue weighted by Gasteiger charge is 2.30. The van der Waals surface area contributed by atoms with E-state index in [-0.39, 0.29) is 17.7 Å². The normalized spacial score (nSPS) is 17.2. The third-order valence-electron chi connectivity index (χ3n) is 4.70. The molecule has 1 atom stereocenters. The summed E-state index contributed by atoms with van der Waals surface area (Å²) in [5.74, 6) is -0.189. The number of fused-ring (bicyclic) bond motifs is 1. The summed E-state index contributed by atoms with van der Waals surface area (Å²) in [5.41, 5.74) is 1.46. The summed E-state index contributed by atoms with van der Waals surface area (Å²) in [6.07, 6.45) is 4.74. The molecule has 0 spiro atoms. The predicted octanol–water partition coefficient (Wildman–Crippen LogP) is 3.32. The number of carbonyl (C=O) groups excluding carboxylic acids is 2. The number of benzene rings is 1. The summed E-state index contributed by atoms with van der Waals surface area (Å²) in [4.78, 5) is 31.3. The molecule has 2 amide bonds. The molecule has 4 rings (SSSR count). The van der Waals surface area contributed by atoms with E-state index >= 15 is 0 Å². The van der Waals surface area contributed by atoms with E-state index in [0.717, 1.165) is 23.7 Å². The van der Waals surface area contributed by atoms with E-state index in [4.69, 9.17) is 4.42 Å². The Balaban J connectivity index is 1.48. The number of carbonyl (C=O) groups is 2. The number of rotatable bonds is 3. The van der Waals surface area contributed by atoms with Crippen LogP contribution in [0, 0.1) is 5.92 Å². The minimum atomic E-state index is -0.248.